The molecule has 1 saturated heterocycles. The zero-order valence-electron chi connectivity index (χ0n) is 10.4. The van der Waals surface area contributed by atoms with E-state index in [1.54, 1.807) is 0 Å². The predicted molar refractivity (Wildman–Crippen MR) is 76.3 cm³/mol. The molecule has 3 rings (SSSR count). The molecule has 92 valence electrons. The molecular formula is C16H18N2. The maximum absolute atomic E-state index is 5.82. The number of nitrogens with one attached hydrogen (secondary N) is 1. The molecule has 1 atom stereocenters. The van der Waals surface area contributed by atoms with Crippen molar-refractivity contribution in [2.75, 3.05) is 12.3 Å². The Labute approximate surface area is 108 Å². The maximum Gasteiger partial charge on any atom is 0.0320 e. The van der Waals surface area contributed by atoms with Gasteiger partial charge in [0.25, 0.3) is 0 Å². The monoisotopic (exact) mass is 238 g/mol. The van der Waals surface area contributed by atoms with Crippen molar-refractivity contribution in [3.63, 3.8) is 0 Å². The maximum atomic E-state index is 5.82. The van der Waals surface area contributed by atoms with Crippen molar-refractivity contribution in [2.24, 2.45) is 0 Å². The Kier molecular flexibility index (Phi) is 3.03. The molecule has 0 aromatic heterocycles. The first-order valence-corrected chi connectivity index (χ1v) is 6.52. The number of benzene rings is 2. The molecule has 3 N–H and O–H groups in total. The van der Waals surface area contributed by atoms with Gasteiger partial charge in [0.05, 0.1) is 0 Å². The van der Waals surface area contributed by atoms with Crippen molar-refractivity contribution in [1.82, 2.24) is 5.32 Å². The minimum Gasteiger partial charge on any atom is -0.399 e. The summed E-state index contributed by atoms with van der Waals surface area (Å²) in [6.07, 6.45) is 2.53. The first kappa shape index (κ1) is 11.3. The van der Waals surface area contributed by atoms with Crippen LogP contribution in [0.5, 0.6) is 0 Å². The minimum absolute atomic E-state index is 0.542. The van der Waals surface area contributed by atoms with E-state index in [0.29, 0.717) is 6.04 Å². The van der Waals surface area contributed by atoms with Crippen LogP contribution in [0.1, 0.15) is 24.4 Å². The molecule has 2 heteroatoms. The molecule has 0 radical (unpaired) electrons. The summed E-state index contributed by atoms with van der Waals surface area (Å²) in [5.74, 6) is 0. The van der Waals surface area contributed by atoms with Crippen molar-refractivity contribution in [1.29, 1.82) is 0 Å². The number of rotatable bonds is 2. The Balaban J connectivity index is 1.86. The molecule has 0 saturated carbocycles. The number of nitrogens with two attached hydrogens (primary N) is 1. The summed E-state index contributed by atoms with van der Waals surface area (Å²) in [6.45, 7) is 1.14. The summed E-state index contributed by atoms with van der Waals surface area (Å²) in [7, 11) is 0. The Bertz CT molecular complexity index is 525. The lowest BCUT2D eigenvalue weighted by atomic mass is 10.00. The molecule has 0 bridgehead atoms. The minimum atomic E-state index is 0.542. The van der Waals surface area contributed by atoms with E-state index in [1.807, 2.05) is 18.2 Å². The van der Waals surface area contributed by atoms with E-state index in [4.69, 9.17) is 5.73 Å². The molecule has 1 unspecified atom stereocenters. The summed E-state index contributed by atoms with van der Waals surface area (Å²) in [4.78, 5) is 0. The summed E-state index contributed by atoms with van der Waals surface area (Å²) >= 11 is 0. The van der Waals surface area contributed by atoms with Gasteiger partial charge in [0.15, 0.2) is 0 Å². The van der Waals surface area contributed by atoms with Crippen LogP contribution in [0, 0.1) is 0 Å². The molecular weight excluding hydrogens is 220 g/mol. The standard InChI is InChI=1S/C16H18N2/c17-15-4-1-3-14(11-15)12-6-8-13(9-7-12)16-5-2-10-18-16/h1,3-4,6-9,11,16,18H,2,5,10,17H2. The van der Waals surface area contributed by atoms with Crippen LogP contribution in [-0.2, 0) is 0 Å². The largest absolute Gasteiger partial charge is 0.399 e. The first-order chi connectivity index (χ1) is 8.83. The highest BCUT2D eigenvalue weighted by Gasteiger charge is 2.15. The lowest BCUT2D eigenvalue weighted by Gasteiger charge is -2.11. The zero-order chi connectivity index (χ0) is 12.4. The first-order valence-electron chi connectivity index (χ1n) is 6.52. The van der Waals surface area contributed by atoms with E-state index in [0.717, 1.165) is 12.2 Å². The van der Waals surface area contributed by atoms with Crippen LogP contribution in [0.2, 0.25) is 0 Å². The SMILES string of the molecule is Nc1cccc(-c2ccc(C3CCCN3)cc2)c1. The highest BCUT2D eigenvalue weighted by molar-refractivity contribution is 5.67. The quantitative estimate of drug-likeness (QED) is 0.787. The Morgan fingerprint density at radius 3 is 2.50 bits per heavy atom. The van der Waals surface area contributed by atoms with Gasteiger partial charge in [-0.3, -0.25) is 0 Å². The number of anilines is 1. The van der Waals surface area contributed by atoms with Gasteiger partial charge in [-0.1, -0.05) is 36.4 Å². The third kappa shape index (κ3) is 2.24. The van der Waals surface area contributed by atoms with E-state index in [-0.39, 0.29) is 0 Å². The summed E-state index contributed by atoms with van der Waals surface area (Å²) in [6, 6.07) is 17.4. The fourth-order valence-corrected chi connectivity index (χ4v) is 2.60. The van der Waals surface area contributed by atoms with E-state index < -0.39 is 0 Å². The van der Waals surface area contributed by atoms with Crippen molar-refractivity contribution >= 4 is 5.69 Å². The average Bonchev–Trinajstić information content (AvgIpc) is 2.93. The molecule has 0 amide bonds. The molecule has 1 fully saturated rings. The molecule has 1 aliphatic rings. The normalized spacial score (nSPS) is 19.0. The number of hydrogen-bond donors (Lipinski definition) is 2. The smallest absolute Gasteiger partial charge is 0.0320 e. The second kappa shape index (κ2) is 4.83. The fraction of sp³-hybridized carbons (Fsp3) is 0.250. The van der Waals surface area contributed by atoms with Gasteiger partial charge in [-0.25, -0.2) is 0 Å². The van der Waals surface area contributed by atoms with Gasteiger partial charge in [0.1, 0.15) is 0 Å². The summed E-state index contributed by atoms with van der Waals surface area (Å²) in [5.41, 5.74) is 10.4. The summed E-state index contributed by atoms with van der Waals surface area (Å²) in [5, 5.41) is 3.52. The van der Waals surface area contributed by atoms with Gasteiger partial charge < -0.3 is 11.1 Å². The third-order valence-corrected chi connectivity index (χ3v) is 3.59. The molecule has 1 aliphatic heterocycles. The second-order valence-electron chi connectivity index (χ2n) is 4.90. The second-order valence-corrected chi connectivity index (χ2v) is 4.90. The molecule has 1 heterocycles. The third-order valence-electron chi connectivity index (χ3n) is 3.59. The van der Waals surface area contributed by atoms with Crippen LogP contribution in [0.3, 0.4) is 0 Å². The van der Waals surface area contributed by atoms with Gasteiger partial charge in [0, 0.05) is 11.7 Å². The molecule has 0 spiro atoms. The average molecular weight is 238 g/mol. The molecule has 2 nitrogen and oxygen atoms in total. The summed E-state index contributed by atoms with van der Waals surface area (Å²) < 4.78 is 0. The van der Waals surface area contributed by atoms with Crippen LogP contribution in [0.4, 0.5) is 5.69 Å². The molecule has 0 aliphatic carbocycles. The van der Waals surface area contributed by atoms with Crippen LogP contribution >= 0.6 is 0 Å². The van der Waals surface area contributed by atoms with E-state index in [9.17, 15) is 0 Å². The Morgan fingerprint density at radius 2 is 1.83 bits per heavy atom. The van der Waals surface area contributed by atoms with Crippen LogP contribution < -0.4 is 11.1 Å². The van der Waals surface area contributed by atoms with Crippen molar-refractivity contribution in [3.05, 3.63) is 54.1 Å². The number of hydrogen-bond acceptors (Lipinski definition) is 2. The Morgan fingerprint density at radius 1 is 1.00 bits per heavy atom. The zero-order valence-corrected chi connectivity index (χ0v) is 10.4. The van der Waals surface area contributed by atoms with Gasteiger partial charge in [-0.2, -0.15) is 0 Å². The lowest BCUT2D eigenvalue weighted by Crippen LogP contribution is -2.12. The van der Waals surface area contributed by atoms with Crippen LogP contribution in [0.15, 0.2) is 48.5 Å². The van der Waals surface area contributed by atoms with Crippen molar-refractivity contribution < 1.29 is 0 Å². The lowest BCUT2D eigenvalue weighted by molar-refractivity contribution is 0.648. The predicted octanol–water partition coefficient (Wildman–Crippen LogP) is 3.36. The highest BCUT2D eigenvalue weighted by atomic mass is 14.9. The van der Waals surface area contributed by atoms with Crippen LogP contribution in [-0.4, -0.2) is 6.54 Å². The molecule has 18 heavy (non-hydrogen) atoms. The van der Waals surface area contributed by atoms with Gasteiger partial charge in [-0.15, -0.1) is 0 Å². The van der Waals surface area contributed by atoms with E-state index in [1.165, 1.54) is 29.5 Å². The van der Waals surface area contributed by atoms with E-state index in [2.05, 4.69) is 35.6 Å². The van der Waals surface area contributed by atoms with Crippen LogP contribution in [0.25, 0.3) is 11.1 Å². The van der Waals surface area contributed by atoms with Gasteiger partial charge in [0.2, 0.25) is 0 Å². The van der Waals surface area contributed by atoms with Gasteiger partial charge in [-0.05, 0) is 48.2 Å². The van der Waals surface area contributed by atoms with Gasteiger partial charge >= 0.3 is 0 Å². The number of nitrogen functional groups attached to an aromatic ring is 1. The fourth-order valence-electron chi connectivity index (χ4n) is 2.60. The highest BCUT2D eigenvalue weighted by Crippen LogP contribution is 2.26. The molecule has 2 aromatic rings. The topological polar surface area (TPSA) is 38.0 Å². The van der Waals surface area contributed by atoms with E-state index >= 15 is 0 Å². The molecule has 2 aromatic carbocycles. The van der Waals surface area contributed by atoms with Crippen molar-refractivity contribution in [3.8, 4) is 11.1 Å². The van der Waals surface area contributed by atoms with Crippen molar-refractivity contribution in [2.45, 2.75) is 18.9 Å². The Hall–Kier alpha value is -1.80.